The van der Waals surface area contributed by atoms with Gasteiger partial charge in [0.25, 0.3) is 0 Å². The fraction of sp³-hybridized carbons (Fsp3) is 0.615. The van der Waals surface area contributed by atoms with Crippen LogP contribution in [0.2, 0.25) is 0 Å². The number of hydrogen-bond donors (Lipinski definition) is 0. The Balaban J connectivity index is 0. The van der Waals surface area contributed by atoms with Crippen molar-refractivity contribution in [1.82, 2.24) is 0 Å². The summed E-state index contributed by atoms with van der Waals surface area (Å²) in [4.78, 5) is 0. The molecule has 0 nitrogen and oxygen atoms in total. The van der Waals surface area contributed by atoms with Crippen molar-refractivity contribution < 1.29 is 18.2 Å². The zero-order chi connectivity index (χ0) is 12.2. The number of halogens is 1. The van der Waals surface area contributed by atoms with E-state index in [9.17, 15) is 0 Å². The van der Waals surface area contributed by atoms with Crippen LogP contribution in [0.5, 0.6) is 0 Å². The summed E-state index contributed by atoms with van der Waals surface area (Å²) in [6, 6.07) is 0. The zero-order valence-electron chi connectivity index (χ0n) is 10.0. The van der Waals surface area contributed by atoms with E-state index in [-0.39, 0.29) is 5.41 Å². The third kappa shape index (κ3) is 31.4. The van der Waals surface area contributed by atoms with Crippen LogP contribution in [0.3, 0.4) is 0 Å². The summed E-state index contributed by atoms with van der Waals surface area (Å²) >= 11 is 2.22. The van der Waals surface area contributed by atoms with E-state index < -0.39 is 0 Å². The van der Waals surface area contributed by atoms with Crippen LogP contribution >= 0.6 is 9.53 Å². The Bertz CT molecular complexity index is 134. The van der Waals surface area contributed by atoms with E-state index in [0.717, 1.165) is 0 Å². The molecule has 1 aliphatic carbocycles. The average Bonchev–Trinajstić information content (AvgIpc) is 2.03. The summed E-state index contributed by atoms with van der Waals surface area (Å²) in [5.74, 6) is 0. The zero-order valence-corrected chi connectivity index (χ0v) is 12.3. The molecule has 0 unspecified atom stereocenters. The van der Waals surface area contributed by atoms with Crippen molar-refractivity contribution in [3.63, 3.8) is 0 Å². The van der Waals surface area contributed by atoms with Crippen molar-refractivity contribution in [3.05, 3.63) is 31.2 Å². The topological polar surface area (TPSA) is 0 Å². The van der Waals surface area contributed by atoms with Crippen molar-refractivity contribution in [3.8, 4) is 0 Å². The molecule has 0 atom stereocenters. The van der Waals surface area contributed by atoms with Crippen LogP contribution < -0.4 is 0 Å². The van der Waals surface area contributed by atoms with Crippen LogP contribution in [0, 0.1) is 12.3 Å². The van der Waals surface area contributed by atoms with Crippen molar-refractivity contribution in [2.45, 2.75) is 46.5 Å². The van der Waals surface area contributed by atoms with Crippen molar-refractivity contribution >= 4 is 9.53 Å². The first-order valence-corrected chi connectivity index (χ1v) is 7.27. The van der Waals surface area contributed by atoms with Crippen LogP contribution in [-0.2, 0) is 18.2 Å². The fourth-order valence-corrected chi connectivity index (χ4v) is 0.856. The Kier molecular flexibility index (Phi) is 14.8. The molecule has 0 amide bonds. The van der Waals surface area contributed by atoms with E-state index in [1.807, 2.05) is 0 Å². The van der Waals surface area contributed by atoms with Crippen LogP contribution in [0.1, 0.15) is 46.5 Å². The normalized spacial score (nSPS) is 15.1. The molecular weight excluding hydrogens is 298 g/mol. The number of hydrogen-bond acceptors (Lipinski definition) is 0. The second-order valence-corrected chi connectivity index (χ2v) is 4.66. The first-order chi connectivity index (χ1) is 7.00. The monoisotopic (exact) mass is 320 g/mol. The van der Waals surface area contributed by atoms with E-state index in [4.69, 9.17) is 0 Å². The average molecular weight is 321 g/mol. The molecule has 0 heterocycles. The van der Waals surface area contributed by atoms with E-state index in [1.54, 1.807) is 0 Å². The summed E-state index contributed by atoms with van der Waals surface area (Å²) in [6.07, 6.45) is 14.0. The standard InChI is InChI=1S/C8H12.C5H11.ClH.Pd/c1-2-4-6-8-7-5-3-1;1-5(2,3)4;;/h1-2,7-8H,3-6H2;1H2,2-4H3;1H;/q;-1;;+2/p-1. The van der Waals surface area contributed by atoms with E-state index in [1.165, 1.54) is 25.7 Å². The van der Waals surface area contributed by atoms with Crippen LogP contribution in [0.4, 0.5) is 0 Å². The summed E-state index contributed by atoms with van der Waals surface area (Å²) in [6.45, 7) is 10.0. The number of rotatable bonds is 0. The molecule has 0 aromatic rings. The molecule has 0 fully saturated rings. The van der Waals surface area contributed by atoms with E-state index >= 15 is 0 Å². The molecular formula is C13H23ClPd. The van der Waals surface area contributed by atoms with Crippen molar-refractivity contribution in [2.75, 3.05) is 0 Å². The maximum atomic E-state index is 4.49. The summed E-state index contributed by atoms with van der Waals surface area (Å²) < 4.78 is 0. The van der Waals surface area contributed by atoms with Gasteiger partial charge in [-0.15, -0.1) is 0 Å². The van der Waals surface area contributed by atoms with Gasteiger partial charge in [0, 0.05) is 0 Å². The molecule has 0 radical (unpaired) electrons. The summed E-state index contributed by atoms with van der Waals surface area (Å²) in [5, 5.41) is 0. The van der Waals surface area contributed by atoms with Crippen LogP contribution in [-0.4, -0.2) is 0 Å². The van der Waals surface area contributed by atoms with Gasteiger partial charge in [-0.1, -0.05) is 45.1 Å². The molecule has 0 saturated carbocycles. The van der Waals surface area contributed by atoms with Gasteiger partial charge in [0.2, 0.25) is 0 Å². The van der Waals surface area contributed by atoms with Gasteiger partial charge in [-0.2, -0.15) is 5.41 Å². The molecule has 15 heavy (non-hydrogen) atoms. The second-order valence-electron chi connectivity index (χ2n) is 4.66. The first-order valence-electron chi connectivity index (χ1n) is 5.27. The summed E-state index contributed by atoms with van der Waals surface area (Å²) in [5.41, 5.74) is 0.250. The molecule has 92 valence electrons. The molecule has 0 spiro atoms. The molecule has 1 rings (SSSR count). The van der Waals surface area contributed by atoms with Gasteiger partial charge >= 0.3 is 27.7 Å². The van der Waals surface area contributed by atoms with Gasteiger partial charge in [0.15, 0.2) is 0 Å². The van der Waals surface area contributed by atoms with Gasteiger partial charge in [-0.3, -0.25) is 0 Å². The van der Waals surface area contributed by atoms with Crippen molar-refractivity contribution in [1.29, 1.82) is 0 Å². The molecule has 2 heteroatoms. The molecule has 1 aliphatic rings. The Morgan fingerprint density at radius 1 is 0.867 bits per heavy atom. The predicted octanol–water partition coefficient (Wildman–Crippen LogP) is 5.23. The molecule has 0 saturated heterocycles. The third-order valence-electron chi connectivity index (χ3n) is 1.33. The van der Waals surface area contributed by atoms with Crippen molar-refractivity contribution in [2.24, 2.45) is 5.41 Å². The molecule has 0 aliphatic heterocycles. The predicted molar refractivity (Wildman–Crippen MR) is 67.4 cm³/mol. The SMILES string of the molecule is C1=CCCC=CCC1.[CH2-]C(C)(C)C.[Cl][Pd+]. The van der Waals surface area contributed by atoms with E-state index in [2.05, 4.69) is 79.7 Å². The molecule has 0 N–H and O–H groups in total. The molecule has 0 aromatic carbocycles. The second kappa shape index (κ2) is 12.5. The van der Waals surface area contributed by atoms with Crippen LogP contribution in [0.25, 0.3) is 0 Å². The Labute approximate surface area is 111 Å². The quantitative estimate of drug-likeness (QED) is 0.326. The van der Waals surface area contributed by atoms with Gasteiger partial charge in [0.05, 0.1) is 0 Å². The van der Waals surface area contributed by atoms with Gasteiger partial charge in [-0.05, 0) is 25.7 Å². The van der Waals surface area contributed by atoms with Gasteiger partial charge < -0.3 is 6.92 Å². The van der Waals surface area contributed by atoms with Gasteiger partial charge in [-0.25, -0.2) is 0 Å². The Morgan fingerprint density at radius 3 is 1.13 bits per heavy atom. The minimum atomic E-state index is 0.250. The maximum absolute atomic E-state index is 4.49. The minimum absolute atomic E-state index is 0.250. The van der Waals surface area contributed by atoms with Crippen LogP contribution in [0.15, 0.2) is 24.3 Å². The van der Waals surface area contributed by atoms with E-state index in [0.29, 0.717) is 0 Å². The molecule has 0 aromatic heterocycles. The van der Waals surface area contributed by atoms with Gasteiger partial charge in [0.1, 0.15) is 0 Å². The third-order valence-corrected chi connectivity index (χ3v) is 1.33. The summed E-state index contributed by atoms with van der Waals surface area (Å²) in [7, 11) is 4.49. The fourth-order valence-electron chi connectivity index (χ4n) is 0.856. The molecule has 0 bridgehead atoms. The Hall–Kier alpha value is 0.432. The first kappa shape index (κ1) is 17.8. The Morgan fingerprint density at radius 2 is 1.00 bits per heavy atom. The number of allylic oxidation sites excluding steroid dienone is 4.